The molecule has 1 atom stereocenters. The molecule has 1 aliphatic rings. The molecule has 1 fully saturated rings. The van der Waals surface area contributed by atoms with Crippen molar-refractivity contribution in [3.05, 3.63) is 81.7 Å². The number of likely N-dealkylation sites (tertiary alicyclic amines) is 1. The summed E-state index contributed by atoms with van der Waals surface area (Å²) >= 11 is 1.35. The van der Waals surface area contributed by atoms with Crippen LogP contribution >= 0.6 is 11.3 Å². The van der Waals surface area contributed by atoms with E-state index in [9.17, 15) is 19.1 Å². The van der Waals surface area contributed by atoms with Crippen LogP contribution in [0.2, 0.25) is 0 Å². The highest BCUT2D eigenvalue weighted by Gasteiger charge is 2.46. The van der Waals surface area contributed by atoms with Crippen LogP contribution in [0.1, 0.15) is 22.2 Å². The average molecular weight is 413 g/mol. The molecule has 1 unspecified atom stereocenters. The van der Waals surface area contributed by atoms with Crippen LogP contribution in [0.25, 0.3) is 5.76 Å². The number of Topliss-reactive ketones (excluding diaryl/α,β-unsaturated/α-hetero) is 1. The van der Waals surface area contributed by atoms with Crippen LogP contribution in [0.5, 0.6) is 5.75 Å². The monoisotopic (exact) mass is 413 g/mol. The van der Waals surface area contributed by atoms with Gasteiger partial charge in [-0.15, -0.1) is 11.3 Å². The van der Waals surface area contributed by atoms with Crippen LogP contribution in [0.3, 0.4) is 0 Å². The summed E-state index contributed by atoms with van der Waals surface area (Å²) < 4.78 is 24.4. The van der Waals surface area contributed by atoms with E-state index in [0.29, 0.717) is 10.6 Å². The Morgan fingerprint density at radius 3 is 2.72 bits per heavy atom. The highest BCUT2D eigenvalue weighted by Crippen LogP contribution is 2.42. The largest absolute Gasteiger partial charge is 0.507 e. The van der Waals surface area contributed by atoms with Gasteiger partial charge in [0.25, 0.3) is 11.7 Å². The van der Waals surface area contributed by atoms with E-state index in [2.05, 4.69) is 0 Å². The molecular weight excluding hydrogens is 397 g/mol. The van der Waals surface area contributed by atoms with E-state index in [4.69, 9.17) is 9.15 Å². The van der Waals surface area contributed by atoms with Gasteiger partial charge in [0.2, 0.25) is 0 Å². The second-order valence-corrected chi connectivity index (χ2v) is 7.35. The van der Waals surface area contributed by atoms with E-state index >= 15 is 0 Å². The molecule has 2 aromatic heterocycles. The van der Waals surface area contributed by atoms with E-state index in [1.165, 1.54) is 41.7 Å². The maximum Gasteiger partial charge on any atom is 0.296 e. The number of nitrogens with zero attached hydrogens (tertiary/aromatic N) is 1. The second kappa shape index (κ2) is 7.56. The average Bonchev–Trinajstić information content (AvgIpc) is 3.46. The number of carbonyl (C=O) groups excluding carboxylic acids is 2. The summed E-state index contributed by atoms with van der Waals surface area (Å²) in [4.78, 5) is 27.6. The second-order valence-electron chi connectivity index (χ2n) is 6.37. The number of ether oxygens (including phenoxy) is 1. The fraction of sp³-hybridized carbons (Fsp3) is 0.143. The Balaban J connectivity index is 1.83. The Labute approximate surface area is 169 Å². The minimum atomic E-state index is -0.830. The van der Waals surface area contributed by atoms with E-state index in [1.807, 2.05) is 5.38 Å². The first kappa shape index (κ1) is 18.9. The summed E-state index contributed by atoms with van der Waals surface area (Å²) in [5.74, 6) is -2.20. The first-order valence-electron chi connectivity index (χ1n) is 8.69. The van der Waals surface area contributed by atoms with Gasteiger partial charge in [0.05, 0.1) is 25.5 Å². The molecule has 1 amide bonds. The molecule has 4 rings (SSSR count). The number of furan rings is 1. The zero-order valence-electron chi connectivity index (χ0n) is 15.3. The zero-order valence-corrected chi connectivity index (χ0v) is 16.1. The lowest BCUT2D eigenvalue weighted by Gasteiger charge is -2.23. The molecule has 1 saturated heterocycles. The molecule has 0 spiro atoms. The van der Waals surface area contributed by atoms with Gasteiger partial charge in [-0.2, -0.15) is 0 Å². The number of rotatable bonds is 5. The number of methoxy groups -OCH3 is 1. The minimum Gasteiger partial charge on any atom is -0.507 e. The highest BCUT2D eigenvalue weighted by molar-refractivity contribution is 7.10. The molecule has 29 heavy (non-hydrogen) atoms. The van der Waals surface area contributed by atoms with Gasteiger partial charge in [-0.25, -0.2) is 4.39 Å². The van der Waals surface area contributed by atoms with Gasteiger partial charge >= 0.3 is 0 Å². The van der Waals surface area contributed by atoms with Crippen molar-refractivity contribution in [3.8, 4) is 5.75 Å². The van der Waals surface area contributed by atoms with Gasteiger partial charge in [-0.05, 0) is 41.8 Å². The standard InChI is InChI=1S/C21H16FNO5S/c1-27-15-7-6-12(10-14(15)22)19(24)17-18(16-5-3-9-29-16)23(21(26)20(17)25)11-13-4-2-8-28-13/h2-10,18,24H,11H2,1H3. The third-order valence-corrected chi connectivity index (χ3v) is 5.61. The third-order valence-electron chi connectivity index (χ3n) is 4.68. The van der Waals surface area contributed by atoms with Crippen LogP contribution < -0.4 is 4.74 Å². The van der Waals surface area contributed by atoms with Crippen molar-refractivity contribution in [2.24, 2.45) is 0 Å². The Kier molecular flexibility index (Phi) is 4.94. The summed E-state index contributed by atoms with van der Waals surface area (Å²) in [5.41, 5.74) is -0.00516. The summed E-state index contributed by atoms with van der Waals surface area (Å²) in [6, 6.07) is 10.0. The van der Waals surface area contributed by atoms with E-state index in [-0.39, 0.29) is 23.4 Å². The molecule has 0 saturated carbocycles. The lowest BCUT2D eigenvalue weighted by atomic mass is 9.99. The van der Waals surface area contributed by atoms with Crippen LogP contribution in [0.4, 0.5) is 4.39 Å². The Bertz CT molecular complexity index is 1090. The lowest BCUT2D eigenvalue weighted by molar-refractivity contribution is -0.140. The molecule has 0 aliphatic carbocycles. The summed E-state index contributed by atoms with van der Waals surface area (Å²) in [6.45, 7) is 0.0634. The number of halogens is 1. The first-order valence-corrected chi connectivity index (χ1v) is 9.57. The Morgan fingerprint density at radius 1 is 1.28 bits per heavy atom. The summed E-state index contributed by atoms with van der Waals surface area (Å²) in [5, 5.41) is 12.7. The van der Waals surface area contributed by atoms with Crippen molar-refractivity contribution >= 4 is 28.8 Å². The van der Waals surface area contributed by atoms with E-state index in [1.54, 1.807) is 24.3 Å². The van der Waals surface area contributed by atoms with E-state index in [0.717, 1.165) is 6.07 Å². The van der Waals surface area contributed by atoms with Crippen LogP contribution in [0, 0.1) is 5.82 Å². The summed E-state index contributed by atoms with van der Waals surface area (Å²) in [7, 11) is 1.33. The normalized spacial score (nSPS) is 18.4. The van der Waals surface area contributed by atoms with Crippen LogP contribution in [0.15, 0.2) is 64.1 Å². The predicted octanol–water partition coefficient (Wildman–Crippen LogP) is 4.11. The fourth-order valence-electron chi connectivity index (χ4n) is 3.33. The quantitative estimate of drug-likeness (QED) is 0.387. The van der Waals surface area contributed by atoms with Crippen molar-refractivity contribution in [1.82, 2.24) is 4.90 Å². The zero-order chi connectivity index (χ0) is 20.5. The number of aliphatic hydroxyl groups is 1. The summed E-state index contributed by atoms with van der Waals surface area (Å²) in [6.07, 6.45) is 1.48. The van der Waals surface area contributed by atoms with Crippen molar-refractivity contribution in [3.63, 3.8) is 0 Å². The van der Waals surface area contributed by atoms with Gasteiger partial charge in [-0.1, -0.05) is 6.07 Å². The number of carbonyl (C=O) groups is 2. The molecule has 3 heterocycles. The van der Waals surface area contributed by atoms with Crippen LogP contribution in [-0.2, 0) is 16.1 Å². The minimum absolute atomic E-state index is 0.00891. The molecular formula is C21H16FNO5S. The molecule has 1 aliphatic heterocycles. The predicted molar refractivity (Wildman–Crippen MR) is 104 cm³/mol. The Morgan fingerprint density at radius 2 is 2.10 bits per heavy atom. The molecule has 0 radical (unpaired) electrons. The maximum atomic E-state index is 14.1. The van der Waals surface area contributed by atoms with Crippen molar-refractivity contribution < 1.29 is 28.2 Å². The van der Waals surface area contributed by atoms with Gasteiger partial charge in [-0.3, -0.25) is 9.59 Å². The molecule has 8 heteroatoms. The number of thiophene rings is 1. The Hall–Kier alpha value is -3.39. The highest BCUT2D eigenvalue weighted by atomic mass is 32.1. The smallest absolute Gasteiger partial charge is 0.296 e. The number of hydrogen-bond acceptors (Lipinski definition) is 6. The SMILES string of the molecule is COc1ccc(C(O)=C2C(=O)C(=O)N(Cc3ccco3)C2c2cccs2)cc1F. The van der Waals surface area contributed by atoms with E-state index < -0.39 is 29.3 Å². The lowest BCUT2D eigenvalue weighted by Crippen LogP contribution is -2.28. The molecule has 3 aromatic rings. The van der Waals surface area contributed by atoms with Gasteiger partial charge in [0.15, 0.2) is 11.6 Å². The van der Waals surface area contributed by atoms with Gasteiger partial charge in [0, 0.05) is 10.4 Å². The van der Waals surface area contributed by atoms with Gasteiger partial charge in [0.1, 0.15) is 17.6 Å². The van der Waals surface area contributed by atoms with Crippen molar-refractivity contribution in [2.75, 3.05) is 7.11 Å². The van der Waals surface area contributed by atoms with Gasteiger partial charge < -0.3 is 19.2 Å². The first-order chi connectivity index (χ1) is 14.0. The topological polar surface area (TPSA) is 80.0 Å². The maximum absolute atomic E-state index is 14.1. The molecule has 6 nitrogen and oxygen atoms in total. The molecule has 1 N–H and O–H groups in total. The number of amides is 1. The molecule has 0 bridgehead atoms. The van der Waals surface area contributed by atoms with Crippen LogP contribution in [-0.4, -0.2) is 28.8 Å². The number of benzene rings is 1. The van der Waals surface area contributed by atoms with Crippen molar-refractivity contribution in [2.45, 2.75) is 12.6 Å². The molecule has 148 valence electrons. The number of aliphatic hydroxyl groups excluding tert-OH is 1. The number of hydrogen-bond donors (Lipinski definition) is 1. The fourth-order valence-corrected chi connectivity index (χ4v) is 4.17. The molecule has 1 aromatic carbocycles. The number of ketones is 1. The third kappa shape index (κ3) is 3.31. The van der Waals surface area contributed by atoms with Crippen molar-refractivity contribution in [1.29, 1.82) is 0 Å².